The highest BCUT2D eigenvalue weighted by atomic mass is 19.1. The fourth-order valence-corrected chi connectivity index (χ4v) is 2.56. The monoisotopic (exact) mass is 315 g/mol. The predicted octanol–water partition coefficient (Wildman–Crippen LogP) is 1.86. The average Bonchev–Trinajstić information content (AvgIpc) is 3.10. The van der Waals surface area contributed by atoms with E-state index in [1.54, 1.807) is 6.07 Å². The van der Waals surface area contributed by atoms with Crippen molar-refractivity contribution in [2.24, 2.45) is 0 Å². The molecule has 2 aliphatic rings. The normalized spacial score (nSPS) is 16.3. The molecule has 1 aliphatic heterocycles. The number of oxazole rings is 1. The Balaban J connectivity index is 1.47. The van der Waals surface area contributed by atoms with Crippen molar-refractivity contribution in [1.29, 1.82) is 0 Å². The zero-order valence-electron chi connectivity index (χ0n) is 12.2. The van der Waals surface area contributed by atoms with E-state index in [2.05, 4.69) is 10.3 Å². The summed E-state index contributed by atoms with van der Waals surface area (Å²) in [6.45, 7) is 0.485. The smallest absolute Gasteiger partial charge is 0.307 e. The third kappa shape index (κ3) is 2.69. The highest BCUT2D eigenvalue weighted by Gasteiger charge is 2.32. The molecule has 0 spiro atoms. The Morgan fingerprint density at radius 1 is 1.30 bits per heavy atom. The Morgan fingerprint density at radius 3 is 2.83 bits per heavy atom. The molecule has 0 atom stereocenters. The van der Waals surface area contributed by atoms with Gasteiger partial charge in [0, 0.05) is 11.6 Å². The lowest BCUT2D eigenvalue weighted by Gasteiger charge is -2.15. The third-order valence-corrected chi connectivity index (χ3v) is 3.92. The number of fused-ring (bicyclic) bond motifs is 1. The van der Waals surface area contributed by atoms with Crippen molar-refractivity contribution in [3.05, 3.63) is 53.0 Å². The number of rotatable bonds is 3. The summed E-state index contributed by atoms with van der Waals surface area (Å²) in [6, 6.07) is 5.78. The lowest BCUT2D eigenvalue weighted by atomic mass is 10.2. The average molecular weight is 315 g/mol. The first-order valence-electron chi connectivity index (χ1n) is 7.44. The molecule has 2 heterocycles. The number of aromatic nitrogens is 1. The SMILES string of the molecule is O=C(NC1CC1)c1nc2c(o1)CN(C(=O)c1cccc(F)c1)C2. The van der Waals surface area contributed by atoms with Gasteiger partial charge in [-0.2, -0.15) is 0 Å². The number of halogens is 1. The molecule has 1 fully saturated rings. The van der Waals surface area contributed by atoms with Crippen molar-refractivity contribution < 1.29 is 18.4 Å². The minimum absolute atomic E-state index is 0.0414. The molecule has 1 saturated carbocycles. The van der Waals surface area contributed by atoms with Crippen molar-refractivity contribution in [3.63, 3.8) is 0 Å². The molecular weight excluding hydrogens is 301 g/mol. The van der Waals surface area contributed by atoms with Gasteiger partial charge in [0.1, 0.15) is 17.3 Å². The number of amides is 2. The molecule has 1 N–H and O–H groups in total. The van der Waals surface area contributed by atoms with Crippen LogP contribution in [-0.2, 0) is 13.1 Å². The van der Waals surface area contributed by atoms with Gasteiger partial charge in [-0.15, -0.1) is 0 Å². The van der Waals surface area contributed by atoms with Gasteiger partial charge in [0.15, 0.2) is 0 Å². The van der Waals surface area contributed by atoms with E-state index < -0.39 is 5.82 Å². The molecule has 6 nitrogen and oxygen atoms in total. The molecule has 23 heavy (non-hydrogen) atoms. The maximum Gasteiger partial charge on any atom is 0.307 e. The van der Waals surface area contributed by atoms with Gasteiger partial charge in [-0.25, -0.2) is 9.37 Å². The van der Waals surface area contributed by atoms with Crippen LogP contribution in [0.2, 0.25) is 0 Å². The molecule has 0 bridgehead atoms. The zero-order valence-corrected chi connectivity index (χ0v) is 12.2. The number of hydrogen-bond acceptors (Lipinski definition) is 4. The van der Waals surface area contributed by atoms with Crippen molar-refractivity contribution in [1.82, 2.24) is 15.2 Å². The first-order valence-corrected chi connectivity index (χ1v) is 7.44. The largest absolute Gasteiger partial charge is 0.435 e. The number of hydrogen-bond donors (Lipinski definition) is 1. The molecule has 2 amide bonds. The van der Waals surface area contributed by atoms with Crippen molar-refractivity contribution >= 4 is 11.8 Å². The van der Waals surface area contributed by atoms with E-state index in [0.29, 0.717) is 11.5 Å². The van der Waals surface area contributed by atoms with Gasteiger partial charge in [-0.05, 0) is 31.0 Å². The summed E-state index contributed by atoms with van der Waals surface area (Å²) in [5, 5.41) is 2.81. The Hall–Kier alpha value is -2.70. The van der Waals surface area contributed by atoms with Crippen LogP contribution in [-0.4, -0.2) is 27.7 Å². The first-order chi connectivity index (χ1) is 11.1. The molecule has 4 rings (SSSR count). The van der Waals surface area contributed by atoms with Crippen LogP contribution in [0.1, 0.15) is 45.3 Å². The third-order valence-electron chi connectivity index (χ3n) is 3.92. The van der Waals surface area contributed by atoms with Crippen molar-refractivity contribution in [3.8, 4) is 0 Å². The van der Waals surface area contributed by atoms with Crippen LogP contribution >= 0.6 is 0 Å². The minimum atomic E-state index is -0.455. The summed E-state index contributed by atoms with van der Waals surface area (Å²) in [7, 11) is 0. The van der Waals surface area contributed by atoms with Gasteiger partial charge in [0.25, 0.3) is 11.8 Å². The van der Waals surface area contributed by atoms with Crippen LogP contribution in [0.4, 0.5) is 4.39 Å². The van der Waals surface area contributed by atoms with Crippen LogP contribution in [0.5, 0.6) is 0 Å². The van der Waals surface area contributed by atoms with E-state index in [1.165, 1.54) is 23.1 Å². The van der Waals surface area contributed by atoms with E-state index >= 15 is 0 Å². The highest BCUT2D eigenvalue weighted by molar-refractivity contribution is 5.94. The van der Waals surface area contributed by atoms with Crippen molar-refractivity contribution in [2.45, 2.75) is 32.0 Å². The van der Waals surface area contributed by atoms with E-state index in [4.69, 9.17) is 4.42 Å². The van der Waals surface area contributed by atoms with E-state index in [9.17, 15) is 14.0 Å². The molecule has 1 aromatic heterocycles. The van der Waals surface area contributed by atoms with Crippen LogP contribution < -0.4 is 5.32 Å². The molecule has 1 aliphatic carbocycles. The summed E-state index contributed by atoms with van der Waals surface area (Å²) in [5.41, 5.74) is 0.859. The lowest BCUT2D eigenvalue weighted by molar-refractivity contribution is 0.0740. The van der Waals surface area contributed by atoms with E-state index in [0.717, 1.165) is 12.8 Å². The Labute approximate surface area is 131 Å². The van der Waals surface area contributed by atoms with E-state index in [-0.39, 0.29) is 42.4 Å². The fraction of sp³-hybridized carbons (Fsp3) is 0.312. The highest BCUT2D eigenvalue weighted by Crippen LogP contribution is 2.26. The second kappa shape index (κ2) is 5.19. The van der Waals surface area contributed by atoms with Crippen LogP contribution in [0, 0.1) is 5.82 Å². The standard InChI is InChI=1S/C16H14FN3O3/c17-10-3-1-2-9(6-10)16(22)20-7-12-13(8-20)23-15(19-12)14(21)18-11-4-5-11/h1-3,6,11H,4-5,7-8H2,(H,18,21). The van der Waals surface area contributed by atoms with Crippen molar-refractivity contribution in [2.75, 3.05) is 0 Å². The Bertz CT molecular complexity index is 774. The Kier molecular flexibility index (Phi) is 3.14. The summed E-state index contributed by atoms with van der Waals surface area (Å²) in [6.07, 6.45) is 1.98. The Morgan fingerprint density at radius 2 is 2.13 bits per heavy atom. The molecule has 0 unspecified atom stereocenters. The van der Waals surface area contributed by atoms with Gasteiger partial charge in [-0.1, -0.05) is 6.07 Å². The molecular formula is C16H14FN3O3. The molecule has 7 heteroatoms. The summed E-state index contributed by atoms with van der Waals surface area (Å²) in [5.74, 6) is -0.508. The number of carbonyl (C=O) groups excluding carboxylic acids is 2. The molecule has 0 radical (unpaired) electrons. The molecule has 1 aromatic carbocycles. The zero-order chi connectivity index (χ0) is 16.0. The van der Waals surface area contributed by atoms with Gasteiger partial charge in [0.2, 0.25) is 0 Å². The number of nitrogens with zero attached hydrogens (tertiary/aromatic N) is 2. The van der Waals surface area contributed by atoms with Gasteiger partial charge >= 0.3 is 5.91 Å². The molecule has 2 aromatic rings. The number of nitrogens with one attached hydrogen (secondary N) is 1. The number of carbonyl (C=O) groups is 2. The molecule has 0 saturated heterocycles. The summed E-state index contributed by atoms with van der Waals surface area (Å²) >= 11 is 0. The second-order valence-corrected chi connectivity index (χ2v) is 5.81. The van der Waals surface area contributed by atoms with Gasteiger partial charge < -0.3 is 14.6 Å². The molecule has 118 valence electrons. The number of benzene rings is 1. The topological polar surface area (TPSA) is 75.4 Å². The fourth-order valence-electron chi connectivity index (χ4n) is 2.56. The first kappa shape index (κ1) is 13.9. The quantitative estimate of drug-likeness (QED) is 0.938. The van der Waals surface area contributed by atoms with Gasteiger partial charge in [-0.3, -0.25) is 9.59 Å². The van der Waals surface area contributed by atoms with Crippen LogP contribution in [0.25, 0.3) is 0 Å². The van der Waals surface area contributed by atoms with E-state index in [1.807, 2.05) is 0 Å². The van der Waals surface area contributed by atoms with Crippen LogP contribution in [0.3, 0.4) is 0 Å². The summed E-state index contributed by atoms with van der Waals surface area (Å²) < 4.78 is 18.7. The minimum Gasteiger partial charge on any atom is -0.435 e. The summed E-state index contributed by atoms with van der Waals surface area (Å²) in [4.78, 5) is 29.9. The van der Waals surface area contributed by atoms with Gasteiger partial charge in [0.05, 0.1) is 13.1 Å². The lowest BCUT2D eigenvalue weighted by Crippen LogP contribution is -2.27. The maximum atomic E-state index is 13.2. The maximum absolute atomic E-state index is 13.2. The predicted molar refractivity (Wildman–Crippen MR) is 77.0 cm³/mol. The van der Waals surface area contributed by atoms with Crippen LogP contribution in [0.15, 0.2) is 28.7 Å². The second-order valence-electron chi connectivity index (χ2n) is 5.81.